The predicted octanol–water partition coefficient (Wildman–Crippen LogP) is 3.45. The molecule has 0 radical (unpaired) electrons. The monoisotopic (exact) mass is 367 g/mol. The van der Waals surface area contributed by atoms with E-state index in [0.717, 1.165) is 11.3 Å². The predicted molar refractivity (Wildman–Crippen MR) is 97.4 cm³/mol. The van der Waals surface area contributed by atoms with E-state index in [1.165, 1.54) is 24.3 Å². The number of pyridine rings is 1. The molecule has 0 bridgehead atoms. The maximum absolute atomic E-state index is 13.7. The molecule has 2 aromatic heterocycles. The van der Waals surface area contributed by atoms with Gasteiger partial charge in [0.2, 0.25) is 10.0 Å². The Bertz CT molecular complexity index is 1220. The van der Waals surface area contributed by atoms with Crippen molar-refractivity contribution in [3.8, 4) is 22.5 Å². The van der Waals surface area contributed by atoms with E-state index in [4.69, 9.17) is 5.14 Å². The lowest BCUT2D eigenvalue weighted by atomic mass is 10.0. The minimum absolute atomic E-state index is 0.0300. The molecule has 0 spiro atoms. The zero-order valence-corrected chi connectivity index (χ0v) is 14.3. The molecule has 7 heteroatoms. The van der Waals surface area contributed by atoms with E-state index in [1.54, 1.807) is 24.3 Å². The van der Waals surface area contributed by atoms with Crippen LogP contribution in [0.1, 0.15) is 0 Å². The van der Waals surface area contributed by atoms with E-state index < -0.39 is 10.0 Å². The quantitative estimate of drug-likeness (QED) is 0.602. The molecule has 2 N–H and O–H groups in total. The highest BCUT2D eigenvalue weighted by Crippen LogP contribution is 2.33. The lowest BCUT2D eigenvalue weighted by Gasteiger charge is -2.07. The Labute approximate surface area is 149 Å². The number of benzene rings is 2. The average Bonchev–Trinajstić information content (AvgIpc) is 3.00. The van der Waals surface area contributed by atoms with E-state index in [0.29, 0.717) is 16.9 Å². The second kappa shape index (κ2) is 6.05. The average molecular weight is 367 g/mol. The van der Waals surface area contributed by atoms with Crippen LogP contribution in [0.4, 0.5) is 4.39 Å². The van der Waals surface area contributed by atoms with Gasteiger partial charge in [0.25, 0.3) is 0 Å². The van der Waals surface area contributed by atoms with Gasteiger partial charge in [0, 0.05) is 17.3 Å². The highest BCUT2D eigenvalue weighted by Gasteiger charge is 2.17. The number of rotatable bonds is 3. The molecule has 0 aliphatic carbocycles. The van der Waals surface area contributed by atoms with Crippen LogP contribution in [0.25, 0.3) is 28.2 Å². The summed E-state index contributed by atoms with van der Waals surface area (Å²) in [5.41, 5.74) is 3.44. The molecule has 2 heterocycles. The van der Waals surface area contributed by atoms with Gasteiger partial charge in [-0.05, 0) is 36.4 Å². The van der Waals surface area contributed by atoms with Gasteiger partial charge in [0.05, 0.1) is 16.3 Å². The van der Waals surface area contributed by atoms with Gasteiger partial charge in [-0.2, -0.15) is 0 Å². The van der Waals surface area contributed by atoms with Crippen molar-refractivity contribution in [3.05, 3.63) is 78.7 Å². The van der Waals surface area contributed by atoms with E-state index in [2.05, 4.69) is 4.98 Å². The standard InChI is InChI=1S/C19H14FN3O2S/c20-15-5-3-4-14(12-15)18-19(23-11-2-1-6-17(23)22-18)13-7-9-16(10-8-13)26(21,24)25/h1-12H,(H2,21,24,25). The molecule has 4 rings (SSSR count). The van der Waals surface area contributed by atoms with Gasteiger partial charge in [-0.3, -0.25) is 4.40 Å². The molecule has 0 saturated heterocycles. The minimum Gasteiger partial charge on any atom is -0.299 e. The summed E-state index contributed by atoms with van der Waals surface area (Å²) >= 11 is 0. The molecule has 130 valence electrons. The summed E-state index contributed by atoms with van der Waals surface area (Å²) in [5, 5.41) is 5.17. The number of sulfonamides is 1. The lowest BCUT2D eigenvalue weighted by Crippen LogP contribution is -2.11. The first-order valence-corrected chi connectivity index (χ1v) is 9.34. The number of hydrogen-bond acceptors (Lipinski definition) is 3. The van der Waals surface area contributed by atoms with Gasteiger partial charge >= 0.3 is 0 Å². The van der Waals surface area contributed by atoms with Gasteiger partial charge in [-0.15, -0.1) is 0 Å². The molecule has 0 atom stereocenters. The molecule has 4 aromatic rings. The molecule has 5 nitrogen and oxygen atoms in total. The molecule has 0 aliphatic rings. The third-order valence-corrected chi connectivity index (χ3v) is 5.01. The third kappa shape index (κ3) is 2.87. The SMILES string of the molecule is NS(=O)(=O)c1ccc(-c2c(-c3cccc(F)c3)nc3ccccn23)cc1. The van der Waals surface area contributed by atoms with Crippen LogP contribution in [0.2, 0.25) is 0 Å². The number of fused-ring (bicyclic) bond motifs is 1. The van der Waals surface area contributed by atoms with Crippen molar-refractivity contribution in [3.63, 3.8) is 0 Å². The van der Waals surface area contributed by atoms with Crippen LogP contribution in [0.3, 0.4) is 0 Å². The Morgan fingerprint density at radius 3 is 2.38 bits per heavy atom. The number of halogens is 1. The third-order valence-electron chi connectivity index (χ3n) is 4.08. The van der Waals surface area contributed by atoms with Crippen LogP contribution < -0.4 is 5.14 Å². The molecule has 2 aromatic carbocycles. The number of aromatic nitrogens is 2. The van der Waals surface area contributed by atoms with Crippen LogP contribution in [0, 0.1) is 5.82 Å². The molecule has 0 aliphatic heterocycles. The highest BCUT2D eigenvalue weighted by atomic mass is 32.2. The fourth-order valence-electron chi connectivity index (χ4n) is 2.91. The van der Waals surface area contributed by atoms with Gasteiger partial charge in [0.15, 0.2) is 0 Å². The van der Waals surface area contributed by atoms with Crippen molar-refractivity contribution in [1.82, 2.24) is 9.38 Å². The molecule has 0 amide bonds. The fraction of sp³-hybridized carbons (Fsp3) is 0. The zero-order chi connectivity index (χ0) is 18.3. The van der Waals surface area contributed by atoms with Crippen molar-refractivity contribution in [1.29, 1.82) is 0 Å². The zero-order valence-electron chi connectivity index (χ0n) is 13.5. The second-order valence-electron chi connectivity index (χ2n) is 5.82. The van der Waals surface area contributed by atoms with Gasteiger partial charge < -0.3 is 0 Å². The summed E-state index contributed by atoms with van der Waals surface area (Å²) in [6.45, 7) is 0. The van der Waals surface area contributed by atoms with Crippen LogP contribution in [0.15, 0.2) is 77.8 Å². The van der Waals surface area contributed by atoms with Crippen molar-refractivity contribution in [2.45, 2.75) is 4.90 Å². The number of imidazole rings is 1. The summed E-state index contributed by atoms with van der Waals surface area (Å²) in [6.07, 6.45) is 1.86. The van der Waals surface area contributed by atoms with Gasteiger partial charge in [0.1, 0.15) is 11.5 Å². The Hall–Kier alpha value is -3.03. The molecule has 26 heavy (non-hydrogen) atoms. The summed E-state index contributed by atoms with van der Waals surface area (Å²) in [6, 6.07) is 18.0. The molecule has 0 fully saturated rings. The maximum Gasteiger partial charge on any atom is 0.238 e. The number of nitrogens with two attached hydrogens (primary N) is 1. The first kappa shape index (κ1) is 16.4. The normalized spacial score (nSPS) is 11.8. The van der Waals surface area contributed by atoms with Gasteiger partial charge in [-0.25, -0.2) is 22.9 Å². The summed E-state index contributed by atoms with van der Waals surface area (Å²) in [5.74, 6) is -0.352. The van der Waals surface area contributed by atoms with Crippen molar-refractivity contribution in [2.24, 2.45) is 5.14 Å². The van der Waals surface area contributed by atoms with Crippen LogP contribution >= 0.6 is 0 Å². The molecular weight excluding hydrogens is 353 g/mol. The van der Waals surface area contributed by atoms with E-state index >= 15 is 0 Å². The number of primary sulfonamides is 1. The minimum atomic E-state index is -3.77. The Kier molecular flexibility index (Phi) is 3.82. The largest absolute Gasteiger partial charge is 0.299 e. The molecule has 0 unspecified atom stereocenters. The highest BCUT2D eigenvalue weighted by molar-refractivity contribution is 7.89. The summed E-state index contributed by atoms with van der Waals surface area (Å²) < 4.78 is 38.6. The maximum atomic E-state index is 13.7. The van der Waals surface area contributed by atoms with Crippen LogP contribution in [-0.4, -0.2) is 17.8 Å². The number of hydrogen-bond donors (Lipinski definition) is 1. The lowest BCUT2D eigenvalue weighted by molar-refractivity contribution is 0.598. The smallest absolute Gasteiger partial charge is 0.238 e. The molecular formula is C19H14FN3O2S. The van der Waals surface area contributed by atoms with Crippen molar-refractivity contribution >= 4 is 15.7 Å². The fourth-order valence-corrected chi connectivity index (χ4v) is 3.43. The van der Waals surface area contributed by atoms with Crippen molar-refractivity contribution in [2.75, 3.05) is 0 Å². The second-order valence-corrected chi connectivity index (χ2v) is 7.38. The first-order chi connectivity index (χ1) is 12.4. The Morgan fingerprint density at radius 1 is 0.923 bits per heavy atom. The van der Waals surface area contributed by atoms with Crippen LogP contribution in [-0.2, 0) is 10.0 Å². The molecule has 0 saturated carbocycles. The first-order valence-electron chi connectivity index (χ1n) is 7.80. The Morgan fingerprint density at radius 2 is 1.69 bits per heavy atom. The van der Waals surface area contributed by atoms with E-state index in [9.17, 15) is 12.8 Å². The van der Waals surface area contributed by atoms with Gasteiger partial charge in [-0.1, -0.05) is 30.3 Å². The van der Waals surface area contributed by atoms with E-state index in [1.807, 2.05) is 28.8 Å². The topological polar surface area (TPSA) is 77.5 Å². The van der Waals surface area contributed by atoms with Crippen LogP contribution in [0.5, 0.6) is 0 Å². The Balaban J connectivity index is 1.98. The number of nitrogens with zero attached hydrogens (tertiary/aromatic N) is 2. The summed E-state index contributed by atoms with van der Waals surface area (Å²) in [4.78, 5) is 4.65. The summed E-state index contributed by atoms with van der Waals surface area (Å²) in [7, 11) is -3.77. The van der Waals surface area contributed by atoms with E-state index in [-0.39, 0.29) is 10.7 Å². The van der Waals surface area contributed by atoms with Crippen molar-refractivity contribution < 1.29 is 12.8 Å².